The van der Waals surface area contributed by atoms with Crippen molar-refractivity contribution in [3.8, 4) is 5.75 Å². The van der Waals surface area contributed by atoms with Gasteiger partial charge in [0.15, 0.2) is 0 Å². The molecule has 2 unspecified atom stereocenters. The van der Waals surface area contributed by atoms with Gasteiger partial charge in [0.05, 0.1) is 13.7 Å². The molecule has 2 aliphatic heterocycles. The van der Waals surface area contributed by atoms with E-state index >= 15 is 0 Å². The summed E-state index contributed by atoms with van der Waals surface area (Å²) in [7, 11) is -1.93. The van der Waals surface area contributed by atoms with Gasteiger partial charge >= 0.3 is 5.97 Å². The van der Waals surface area contributed by atoms with Crippen molar-refractivity contribution in [3.63, 3.8) is 0 Å². The first-order chi connectivity index (χ1) is 13.0. The molecule has 150 valence electrons. The minimum atomic E-state index is -3.55. The number of anilines is 1. The minimum absolute atomic E-state index is 0.153. The number of nitrogens with one attached hydrogen (secondary N) is 2. The van der Waals surface area contributed by atoms with Gasteiger partial charge in [0, 0.05) is 38.3 Å². The van der Waals surface area contributed by atoms with Gasteiger partial charge in [0.1, 0.15) is 17.2 Å². The second-order valence-electron chi connectivity index (χ2n) is 6.45. The maximum atomic E-state index is 12.9. The van der Waals surface area contributed by atoms with Gasteiger partial charge < -0.3 is 14.4 Å². The highest BCUT2D eigenvalue weighted by Gasteiger charge is 2.41. The summed E-state index contributed by atoms with van der Waals surface area (Å²) in [5, 5.41) is -0.834. The molecule has 2 aliphatic rings. The number of carbonyl (C=O) groups excluding carboxylic acids is 1. The van der Waals surface area contributed by atoms with Crippen LogP contribution in [0.1, 0.15) is 13.3 Å². The molecule has 0 bridgehead atoms. The number of piperazine rings is 1. The number of hydrazine groups is 1. The van der Waals surface area contributed by atoms with E-state index in [1.54, 1.807) is 14.0 Å². The molecule has 2 atom stereocenters. The minimum Gasteiger partial charge on any atom is -0.497 e. The molecule has 1 aromatic rings. The van der Waals surface area contributed by atoms with Crippen LogP contribution in [-0.2, 0) is 19.6 Å². The average Bonchev–Trinajstić information content (AvgIpc) is 3.20. The molecule has 1 aromatic carbocycles. The molecule has 2 saturated heterocycles. The molecule has 9 nitrogen and oxygen atoms in total. The molecule has 2 heterocycles. The Morgan fingerprint density at radius 1 is 1.15 bits per heavy atom. The van der Waals surface area contributed by atoms with Crippen LogP contribution >= 0.6 is 0 Å². The fourth-order valence-electron chi connectivity index (χ4n) is 3.29. The number of hydrogen-bond donors (Lipinski definition) is 2. The third kappa shape index (κ3) is 4.34. The summed E-state index contributed by atoms with van der Waals surface area (Å²) < 4.78 is 37.4. The summed E-state index contributed by atoms with van der Waals surface area (Å²) in [6.07, 6.45) is 0.153. The van der Waals surface area contributed by atoms with Gasteiger partial charge in [0.25, 0.3) is 0 Å². The van der Waals surface area contributed by atoms with Crippen LogP contribution in [0.4, 0.5) is 5.69 Å². The zero-order valence-electron chi connectivity index (χ0n) is 15.6. The first-order valence-corrected chi connectivity index (χ1v) is 10.5. The zero-order chi connectivity index (χ0) is 19.4. The summed E-state index contributed by atoms with van der Waals surface area (Å²) in [5.41, 5.74) is 6.50. The number of sulfonamides is 1. The molecule has 10 heteroatoms. The second kappa shape index (κ2) is 8.42. The van der Waals surface area contributed by atoms with Crippen molar-refractivity contribution < 1.29 is 22.7 Å². The monoisotopic (exact) mass is 398 g/mol. The van der Waals surface area contributed by atoms with E-state index in [2.05, 4.69) is 15.8 Å². The Kier molecular flexibility index (Phi) is 6.20. The standard InChI is InChI=1S/C17H26N4O5S/c1-3-26-17(22)15-12-16(19-18-15)27(23,24)21-10-8-20(9-11-21)13-4-6-14(25-2)7-5-13/h4-7,15-16,18-19H,3,8-12H2,1-2H3. The lowest BCUT2D eigenvalue weighted by Crippen LogP contribution is -2.53. The fraction of sp³-hybridized carbons (Fsp3) is 0.588. The van der Waals surface area contributed by atoms with Crippen LogP contribution in [0.2, 0.25) is 0 Å². The quantitative estimate of drug-likeness (QED) is 0.641. The first-order valence-electron chi connectivity index (χ1n) is 9.01. The largest absolute Gasteiger partial charge is 0.497 e. The third-order valence-corrected chi connectivity index (χ3v) is 6.95. The highest BCUT2D eigenvalue weighted by atomic mass is 32.2. The van der Waals surface area contributed by atoms with Crippen LogP contribution in [0.5, 0.6) is 5.75 Å². The van der Waals surface area contributed by atoms with Crippen molar-refractivity contribution in [2.75, 3.05) is 44.8 Å². The van der Waals surface area contributed by atoms with E-state index < -0.39 is 27.4 Å². The van der Waals surface area contributed by atoms with Crippen LogP contribution in [-0.4, -0.2) is 70.0 Å². The highest BCUT2D eigenvalue weighted by molar-refractivity contribution is 7.89. The van der Waals surface area contributed by atoms with Crippen molar-refractivity contribution in [3.05, 3.63) is 24.3 Å². The number of esters is 1. The van der Waals surface area contributed by atoms with E-state index in [-0.39, 0.29) is 13.0 Å². The highest BCUT2D eigenvalue weighted by Crippen LogP contribution is 2.23. The van der Waals surface area contributed by atoms with E-state index in [0.717, 1.165) is 11.4 Å². The van der Waals surface area contributed by atoms with E-state index in [1.165, 1.54) is 4.31 Å². The van der Waals surface area contributed by atoms with Crippen LogP contribution in [0.25, 0.3) is 0 Å². The van der Waals surface area contributed by atoms with Crippen LogP contribution in [0, 0.1) is 0 Å². The molecular weight excluding hydrogens is 372 g/mol. The number of benzene rings is 1. The summed E-state index contributed by atoms with van der Waals surface area (Å²) in [6, 6.07) is 7.07. The smallest absolute Gasteiger partial charge is 0.324 e. The molecule has 0 aliphatic carbocycles. The SMILES string of the molecule is CCOC(=O)C1CC(S(=O)(=O)N2CCN(c3ccc(OC)cc3)CC2)NN1. The molecule has 0 amide bonds. The lowest BCUT2D eigenvalue weighted by Gasteiger charge is -2.36. The Labute approximate surface area is 159 Å². The number of rotatable bonds is 6. The Bertz CT molecular complexity index is 747. The number of nitrogens with zero attached hydrogens (tertiary/aromatic N) is 2. The van der Waals surface area contributed by atoms with Gasteiger partial charge in [-0.25, -0.2) is 19.3 Å². The molecular formula is C17H26N4O5S. The topological polar surface area (TPSA) is 100 Å². The zero-order valence-corrected chi connectivity index (χ0v) is 16.4. The lowest BCUT2D eigenvalue weighted by molar-refractivity contribution is -0.145. The Morgan fingerprint density at radius 3 is 2.41 bits per heavy atom. The van der Waals surface area contributed by atoms with Gasteiger partial charge in [-0.05, 0) is 31.2 Å². The molecule has 3 rings (SSSR count). The molecule has 0 aromatic heterocycles. The van der Waals surface area contributed by atoms with E-state index in [1.807, 2.05) is 24.3 Å². The number of hydrogen-bond acceptors (Lipinski definition) is 8. The Hall–Kier alpha value is -1.88. The molecule has 2 fully saturated rings. The van der Waals surface area contributed by atoms with Crippen molar-refractivity contribution in [1.29, 1.82) is 0 Å². The van der Waals surface area contributed by atoms with Gasteiger partial charge in [0.2, 0.25) is 10.0 Å². The normalized spacial score (nSPS) is 24.0. The number of carbonyl (C=O) groups is 1. The predicted octanol–water partition coefficient (Wildman–Crippen LogP) is -0.0973. The average molecular weight is 398 g/mol. The lowest BCUT2D eigenvalue weighted by atomic mass is 10.2. The van der Waals surface area contributed by atoms with Gasteiger partial charge in [-0.1, -0.05) is 0 Å². The van der Waals surface area contributed by atoms with Crippen LogP contribution in [0.15, 0.2) is 24.3 Å². The van der Waals surface area contributed by atoms with Crippen molar-refractivity contribution in [2.24, 2.45) is 0 Å². The summed E-state index contributed by atoms with van der Waals surface area (Å²) in [5.74, 6) is 0.350. The maximum absolute atomic E-state index is 12.9. The Morgan fingerprint density at radius 2 is 1.81 bits per heavy atom. The fourth-order valence-corrected chi connectivity index (χ4v) is 4.98. The summed E-state index contributed by atoms with van der Waals surface area (Å²) in [4.78, 5) is 13.9. The molecule has 27 heavy (non-hydrogen) atoms. The van der Waals surface area contributed by atoms with Crippen molar-refractivity contribution >= 4 is 21.7 Å². The molecule has 0 spiro atoms. The number of ether oxygens (including phenoxy) is 2. The van der Waals surface area contributed by atoms with E-state index in [0.29, 0.717) is 26.2 Å². The van der Waals surface area contributed by atoms with Gasteiger partial charge in [-0.15, -0.1) is 0 Å². The van der Waals surface area contributed by atoms with E-state index in [4.69, 9.17) is 9.47 Å². The summed E-state index contributed by atoms with van der Waals surface area (Å²) >= 11 is 0. The summed E-state index contributed by atoms with van der Waals surface area (Å²) in [6.45, 7) is 3.99. The van der Waals surface area contributed by atoms with Crippen LogP contribution < -0.4 is 20.5 Å². The maximum Gasteiger partial charge on any atom is 0.324 e. The predicted molar refractivity (Wildman–Crippen MR) is 101 cm³/mol. The van der Waals surface area contributed by atoms with Gasteiger partial charge in [-0.3, -0.25) is 4.79 Å². The third-order valence-electron chi connectivity index (χ3n) is 4.84. The number of methoxy groups -OCH3 is 1. The first kappa shape index (κ1) is 19.9. The van der Waals surface area contributed by atoms with Crippen LogP contribution in [0.3, 0.4) is 0 Å². The second-order valence-corrected chi connectivity index (χ2v) is 8.56. The van der Waals surface area contributed by atoms with Gasteiger partial charge in [-0.2, -0.15) is 4.31 Å². The Balaban J connectivity index is 1.57. The molecule has 0 saturated carbocycles. The van der Waals surface area contributed by atoms with Crippen molar-refractivity contribution in [2.45, 2.75) is 24.8 Å². The molecule has 2 N–H and O–H groups in total. The van der Waals surface area contributed by atoms with Crippen molar-refractivity contribution in [1.82, 2.24) is 15.2 Å². The molecule has 0 radical (unpaired) electrons. The van der Waals surface area contributed by atoms with E-state index in [9.17, 15) is 13.2 Å².